The highest BCUT2D eigenvalue weighted by molar-refractivity contribution is 5.98. The van der Waals surface area contributed by atoms with Gasteiger partial charge in [0.05, 0.1) is 17.8 Å². The van der Waals surface area contributed by atoms with Crippen molar-refractivity contribution in [1.29, 1.82) is 0 Å². The van der Waals surface area contributed by atoms with E-state index in [1.165, 1.54) is 6.07 Å². The van der Waals surface area contributed by atoms with E-state index < -0.39 is 11.7 Å². The Morgan fingerprint density at radius 2 is 1.68 bits per heavy atom. The van der Waals surface area contributed by atoms with Crippen LogP contribution in [0.15, 0.2) is 66.7 Å². The van der Waals surface area contributed by atoms with Gasteiger partial charge in [0.2, 0.25) is 0 Å². The molecule has 0 aliphatic carbocycles. The minimum atomic E-state index is -4.39. The van der Waals surface area contributed by atoms with Gasteiger partial charge in [0, 0.05) is 37.4 Å². The molecule has 0 aromatic heterocycles. The molecule has 1 saturated heterocycles. The molecule has 0 bridgehead atoms. The summed E-state index contributed by atoms with van der Waals surface area (Å²) in [6.07, 6.45) is -4.39. The Morgan fingerprint density at radius 3 is 2.38 bits per heavy atom. The SMILES string of the molecule is Cc1ccc2c(c1)OCC(=O)N2Cc1ccc(C(=O)N2CCN(c3cccc(C(F)(F)F)c3)CC2)cc1. The molecule has 0 radical (unpaired) electrons. The topological polar surface area (TPSA) is 53.1 Å². The molecule has 2 aliphatic rings. The molecule has 0 N–H and O–H groups in total. The minimum absolute atomic E-state index is 0.0144. The summed E-state index contributed by atoms with van der Waals surface area (Å²) in [6, 6.07) is 18.1. The number of piperazine rings is 1. The van der Waals surface area contributed by atoms with Gasteiger partial charge in [-0.05, 0) is 60.5 Å². The quantitative estimate of drug-likeness (QED) is 0.502. The molecule has 3 aromatic carbocycles. The zero-order valence-electron chi connectivity index (χ0n) is 20.3. The lowest BCUT2D eigenvalue weighted by Gasteiger charge is -2.36. The fourth-order valence-corrected chi connectivity index (χ4v) is 4.65. The highest BCUT2D eigenvalue weighted by Gasteiger charge is 2.31. The van der Waals surface area contributed by atoms with Gasteiger partial charge in [-0.2, -0.15) is 13.2 Å². The highest BCUT2D eigenvalue weighted by Crippen LogP contribution is 2.34. The minimum Gasteiger partial charge on any atom is -0.482 e. The Morgan fingerprint density at radius 1 is 0.946 bits per heavy atom. The number of carbonyl (C=O) groups is 2. The lowest BCUT2D eigenvalue weighted by molar-refractivity contribution is -0.137. The van der Waals surface area contributed by atoms with Crippen LogP contribution < -0.4 is 14.5 Å². The number of amides is 2. The standard InChI is InChI=1S/C28H26F3N3O3/c1-19-5-10-24-25(15-19)37-18-26(35)34(24)17-20-6-8-21(9-7-20)27(36)33-13-11-32(12-14-33)23-4-2-3-22(16-23)28(29,30)31/h2-10,15-16H,11-14,17-18H2,1H3. The fraction of sp³-hybridized carbons (Fsp3) is 0.286. The first-order valence-corrected chi connectivity index (χ1v) is 12.0. The van der Waals surface area contributed by atoms with Crippen molar-refractivity contribution >= 4 is 23.2 Å². The molecule has 0 saturated carbocycles. The number of alkyl halides is 3. The van der Waals surface area contributed by atoms with Crippen LogP contribution >= 0.6 is 0 Å². The first-order valence-electron chi connectivity index (χ1n) is 12.0. The Labute approximate surface area is 212 Å². The first kappa shape index (κ1) is 24.7. The van der Waals surface area contributed by atoms with Crippen molar-refractivity contribution in [1.82, 2.24) is 4.90 Å². The van der Waals surface area contributed by atoms with Gasteiger partial charge in [0.25, 0.3) is 11.8 Å². The van der Waals surface area contributed by atoms with E-state index in [9.17, 15) is 22.8 Å². The third kappa shape index (κ3) is 5.26. The molecule has 37 heavy (non-hydrogen) atoms. The zero-order valence-corrected chi connectivity index (χ0v) is 20.3. The molecular weight excluding hydrogens is 483 g/mol. The van der Waals surface area contributed by atoms with Crippen molar-refractivity contribution in [2.75, 3.05) is 42.6 Å². The summed E-state index contributed by atoms with van der Waals surface area (Å²) in [6.45, 7) is 4.03. The van der Waals surface area contributed by atoms with Crippen LogP contribution in [0.2, 0.25) is 0 Å². The zero-order chi connectivity index (χ0) is 26.2. The summed E-state index contributed by atoms with van der Waals surface area (Å²) in [4.78, 5) is 30.8. The van der Waals surface area contributed by atoms with Gasteiger partial charge in [-0.15, -0.1) is 0 Å². The number of halogens is 3. The second-order valence-electron chi connectivity index (χ2n) is 9.26. The van der Waals surface area contributed by atoms with Gasteiger partial charge in [-0.25, -0.2) is 0 Å². The van der Waals surface area contributed by atoms with Gasteiger partial charge in [0.1, 0.15) is 5.75 Å². The molecule has 1 fully saturated rings. The molecule has 192 valence electrons. The van der Waals surface area contributed by atoms with Crippen molar-refractivity contribution in [2.24, 2.45) is 0 Å². The summed E-state index contributed by atoms with van der Waals surface area (Å²) in [5.41, 5.74) is 3.00. The normalized spacial score (nSPS) is 15.9. The van der Waals surface area contributed by atoms with Crippen LogP contribution in [0.25, 0.3) is 0 Å². The molecule has 9 heteroatoms. The lowest BCUT2D eigenvalue weighted by atomic mass is 10.1. The van der Waals surface area contributed by atoms with Crippen molar-refractivity contribution < 1.29 is 27.5 Å². The Hall–Kier alpha value is -4.01. The molecule has 2 aliphatic heterocycles. The van der Waals surface area contributed by atoms with Crippen molar-refractivity contribution in [3.63, 3.8) is 0 Å². The lowest BCUT2D eigenvalue weighted by Crippen LogP contribution is -2.48. The Balaban J connectivity index is 1.21. The maximum Gasteiger partial charge on any atom is 0.416 e. The number of benzene rings is 3. The number of fused-ring (bicyclic) bond motifs is 1. The van der Waals surface area contributed by atoms with E-state index in [0.717, 1.165) is 28.9 Å². The van der Waals surface area contributed by atoms with Gasteiger partial charge >= 0.3 is 6.18 Å². The Kier molecular flexibility index (Phi) is 6.54. The van der Waals surface area contributed by atoms with Crippen molar-refractivity contribution in [2.45, 2.75) is 19.6 Å². The second-order valence-corrected chi connectivity index (χ2v) is 9.26. The highest BCUT2D eigenvalue weighted by atomic mass is 19.4. The van der Waals surface area contributed by atoms with Crippen LogP contribution in [0, 0.1) is 6.92 Å². The van der Waals surface area contributed by atoms with Crippen LogP contribution in [0.4, 0.5) is 24.5 Å². The number of ether oxygens (including phenoxy) is 1. The van der Waals surface area contributed by atoms with Crippen LogP contribution in [0.1, 0.15) is 27.0 Å². The summed E-state index contributed by atoms with van der Waals surface area (Å²) in [5, 5.41) is 0. The maximum atomic E-state index is 13.1. The van der Waals surface area contributed by atoms with Crippen LogP contribution in [0.5, 0.6) is 5.75 Å². The van der Waals surface area contributed by atoms with E-state index in [1.54, 1.807) is 28.0 Å². The largest absolute Gasteiger partial charge is 0.482 e. The smallest absolute Gasteiger partial charge is 0.416 e. The number of rotatable bonds is 4. The van der Waals surface area contributed by atoms with Crippen LogP contribution in [-0.2, 0) is 17.5 Å². The van der Waals surface area contributed by atoms with E-state index in [1.807, 2.05) is 42.2 Å². The second kappa shape index (κ2) is 9.80. The monoisotopic (exact) mass is 509 g/mol. The number of hydrogen-bond donors (Lipinski definition) is 0. The summed E-state index contributed by atoms with van der Waals surface area (Å²) < 4.78 is 44.7. The van der Waals surface area contributed by atoms with Gasteiger partial charge in [-0.3, -0.25) is 9.59 Å². The number of aryl methyl sites for hydroxylation is 1. The molecular formula is C28H26F3N3O3. The number of anilines is 2. The van der Waals surface area contributed by atoms with Gasteiger partial charge < -0.3 is 19.4 Å². The summed E-state index contributed by atoms with van der Waals surface area (Å²) in [5.74, 6) is 0.421. The van der Waals surface area contributed by atoms with E-state index in [-0.39, 0.29) is 18.4 Å². The molecule has 0 unspecified atom stereocenters. The van der Waals surface area contributed by atoms with Gasteiger partial charge in [0.15, 0.2) is 6.61 Å². The third-order valence-electron chi connectivity index (χ3n) is 6.71. The summed E-state index contributed by atoms with van der Waals surface area (Å²) in [7, 11) is 0. The van der Waals surface area contributed by atoms with E-state index in [0.29, 0.717) is 49.7 Å². The predicted octanol–water partition coefficient (Wildman–Crippen LogP) is 4.90. The number of nitrogens with zero attached hydrogens (tertiary/aromatic N) is 3. The molecule has 3 aromatic rings. The van der Waals surface area contributed by atoms with Crippen molar-refractivity contribution in [3.8, 4) is 5.75 Å². The molecule has 2 amide bonds. The molecule has 0 atom stereocenters. The number of carbonyl (C=O) groups excluding carboxylic acids is 2. The molecule has 5 rings (SSSR count). The van der Waals surface area contributed by atoms with Gasteiger partial charge in [-0.1, -0.05) is 24.3 Å². The molecule has 0 spiro atoms. The predicted molar refractivity (Wildman–Crippen MR) is 134 cm³/mol. The third-order valence-corrected chi connectivity index (χ3v) is 6.71. The van der Waals surface area contributed by atoms with Crippen LogP contribution in [-0.4, -0.2) is 49.5 Å². The first-order chi connectivity index (χ1) is 17.7. The van der Waals surface area contributed by atoms with Crippen molar-refractivity contribution in [3.05, 3.63) is 89.0 Å². The average Bonchev–Trinajstić information content (AvgIpc) is 2.90. The van der Waals surface area contributed by atoms with E-state index >= 15 is 0 Å². The fourth-order valence-electron chi connectivity index (χ4n) is 4.65. The van der Waals surface area contributed by atoms with E-state index in [4.69, 9.17) is 4.74 Å². The average molecular weight is 510 g/mol. The maximum absolute atomic E-state index is 13.1. The molecule has 2 heterocycles. The molecule has 6 nitrogen and oxygen atoms in total. The van der Waals surface area contributed by atoms with Crippen LogP contribution in [0.3, 0.4) is 0 Å². The Bertz CT molecular complexity index is 1320. The number of hydrogen-bond acceptors (Lipinski definition) is 4. The van der Waals surface area contributed by atoms with E-state index in [2.05, 4.69) is 0 Å². The summed E-state index contributed by atoms with van der Waals surface area (Å²) >= 11 is 0.